The van der Waals surface area contributed by atoms with Crippen LogP contribution in [-0.4, -0.2) is 50.8 Å². The molecule has 1 atom stereocenters. The van der Waals surface area contributed by atoms with Gasteiger partial charge in [0.05, 0.1) is 0 Å². The molecule has 3 heteroatoms. The molecule has 1 aliphatic heterocycles. The third kappa shape index (κ3) is 3.56. The molecule has 84 valence electrons. The fourth-order valence-electron chi connectivity index (χ4n) is 1.98. The molecule has 1 unspecified atom stereocenters. The van der Waals surface area contributed by atoms with Crippen LogP contribution >= 0.6 is 0 Å². The summed E-state index contributed by atoms with van der Waals surface area (Å²) in [6.07, 6.45) is 1.25. The van der Waals surface area contributed by atoms with E-state index in [-0.39, 0.29) is 0 Å². The minimum atomic E-state index is 0.646. The molecule has 0 aromatic carbocycles. The maximum Gasteiger partial charge on any atom is 0.0500 e. The molecule has 1 saturated heterocycles. The third-order valence-corrected chi connectivity index (χ3v) is 2.78. The van der Waals surface area contributed by atoms with Crippen LogP contribution in [0.5, 0.6) is 0 Å². The summed E-state index contributed by atoms with van der Waals surface area (Å²) in [5.74, 6) is 0.646. The number of hydrogen-bond acceptors (Lipinski definition) is 3. The van der Waals surface area contributed by atoms with Crippen LogP contribution in [0.1, 0.15) is 20.3 Å². The van der Waals surface area contributed by atoms with E-state index >= 15 is 0 Å². The van der Waals surface area contributed by atoms with Crippen molar-refractivity contribution in [2.75, 3.05) is 39.9 Å². The van der Waals surface area contributed by atoms with Gasteiger partial charge in [-0.1, -0.05) is 13.8 Å². The van der Waals surface area contributed by atoms with Gasteiger partial charge >= 0.3 is 0 Å². The largest absolute Gasteiger partial charge is 0.384 e. The Hall–Kier alpha value is -0.120. The summed E-state index contributed by atoms with van der Waals surface area (Å²) >= 11 is 0. The molecular weight excluding hydrogens is 176 g/mol. The molecule has 0 saturated carbocycles. The SMILES string of the molecule is CCCN(CC(C)COC)C1CNC1. The number of nitrogens with one attached hydrogen (secondary N) is 1. The Balaban J connectivity index is 2.26. The van der Waals surface area contributed by atoms with Crippen LogP contribution in [0.15, 0.2) is 0 Å². The van der Waals surface area contributed by atoms with Crippen molar-refractivity contribution in [3.63, 3.8) is 0 Å². The zero-order valence-electron chi connectivity index (χ0n) is 9.75. The van der Waals surface area contributed by atoms with Crippen LogP contribution in [0.4, 0.5) is 0 Å². The van der Waals surface area contributed by atoms with E-state index in [0.717, 1.165) is 12.6 Å². The monoisotopic (exact) mass is 200 g/mol. The lowest BCUT2D eigenvalue weighted by Crippen LogP contribution is -2.58. The fraction of sp³-hybridized carbons (Fsp3) is 1.00. The van der Waals surface area contributed by atoms with E-state index in [9.17, 15) is 0 Å². The second-order valence-corrected chi connectivity index (χ2v) is 4.37. The fourth-order valence-corrected chi connectivity index (χ4v) is 1.98. The first-order valence-electron chi connectivity index (χ1n) is 5.71. The lowest BCUT2D eigenvalue weighted by atomic mass is 10.1. The van der Waals surface area contributed by atoms with Crippen LogP contribution in [0.2, 0.25) is 0 Å². The molecule has 1 fully saturated rings. The van der Waals surface area contributed by atoms with E-state index in [1.165, 1.54) is 32.6 Å². The zero-order valence-corrected chi connectivity index (χ0v) is 9.75. The molecule has 0 radical (unpaired) electrons. The standard InChI is InChI=1S/C11H24N2O/c1-4-5-13(11-6-12-7-11)8-10(2)9-14-3/h10-12H,4-9H2,1-3H3. The van der Waals surface area contributed by atoms with Gasteiger partial charge in [0.1, 0.15) is 0 Å². The van der Waals surface area contributed by atoms with E-state index in [1.54, 1.807) is 7.11 Å². The number of hydrogen-bond donors (Lipinski definition) is 1. The predicted octanol–water partition coefficient (Wildman–Crippen LogP) is 0.953. The summed E-state index contributed by atoms with van der Waals surface area (Å²) in [5, 5.41) is 3.33. The smallest absolute Gasteiger partial charge is 0.0500 e. The highest BCUT2D eigenvalue weighted by molar-refractivity contribution is 4.85. The second kappa shape index (κ2) is 6.38. The minimum Gasteiger partial charge on any atom is -0.384 e. The highest BCUT2D eigenvalue weighted by atomic mass is 16.5. The molecule has 0 amide bonds. The first kappa shape index (κ1) is 12.0. The second-order valence-electron chi connectivity index (χ2n) is 4.37. The zero-order chi connectivity index (χ0) is 10.4. The Kier molecular flexibility index (Phi) is 5.45. The van der Waals surface area contributed by atoms with Crippen LogP contribution in [0.25, 0.3) is 0 Å². The highest BCUT2D eigenvalue weighted by Crippen LogP contribution is 2.09. The van der Waals surface area contributed by atoms with Gasteiger partial charge in [0.25, 0.3) is 0 Å². The lowest BCUT2D eigenvalue weighted by Gasteiger charge is -2.39. The number of ether oxygens (including phenoxy) is 1. The van der Waals surface area contributed by atoms with Gasteiger partial charge < -0.3 is 10.1 Å². The van der Waals surface area contributed by atoms with Gasteiger partial charge in [-0.3, -0.25) is 4.90 Å². The number of nitrogens with zero attached hydrogens (tertiary/aromatic N) is 1. The number of methoxy groups -OCH3 is 1. The summed E-state index contributed by atoms with van der Waals surface area (Å²) in [7, 11) is 1.78. The summed E-state index contributed by atoms with van der Waals surface area (Å²) in [6, 6.07) is 0.772. The Morgan fingerprint density at radius 1 is 1.50 bits per heavy atom. The van der Waals surface area contributed by atoms with E-state index < -0.39 is 0 Å². The molecule has 3 nitrogen and oxygen atoms in total. The van der Waals surface area contributed by atoms with Gasteiger partial charge in [-0.05, 0) is 18.9 Å². The molecule has 1 heterocycles. The summed E-state index contributed by atoms with van der Waals surface area (Å²) in [6.45, 7) is 10.1. The van der Waals surface area contributed by atoms with Crippen molar-refractivity contribution in [2.45, 2.75) is 26.3 Å². The van der Waals surface area contributed by atoms with Crippen LogP contribution < -0.4 is 5.32 Å². The Bertz CT molecular complexity index is 148. The third-order valence-electron chi connectivity index (χ3n) is 2.78. The van der Waals surface area contributed by atoms with Crippen molar-refractivity contribution in [1.29, 1.82) is 0 Å². The summed E-state index contributed by atoms with van der Waals surface area (Å²) < 4.78 is 5.17. The average molecular weight is 200 g/mol. The average Bonchev–Trinajstić information content (AvgIpc) is 2.01. The Morgan fingerprint density at radius 2 is 2.21 bits per heavy atom. The lowest BCUT2D eigenvalue weighted by molar-refractivity contribution is 0.0897. The van der Waals surface area contributed by atoms with Gasteiger partial charge in [-0.15, -0.1) is 0 Å². The van der Waals surface area contributed by atoms with E-state index in [1.807, 2.05) is 0 Å². The normalized spacial score (nSPS) is 19.7. The molecule has 0 aromatic heterocycles. The molecule has 0 bridgehead atoms. The van der Waals surface area contributed by atoms with Crippen molar-refractivity contribution in [3.05, 3.63) is 0 Å². The van der Waals surface area contributed by atoms with Gasteiger partial charge in [0, 0.05) is 39.4 Å². The Labute approximate surface area is 87.8 Å². The van der Waals surface area contributed by atoms with Gasteiger partial charge in [-0.25, -0.2) is 0 Å². The molecule has 1 rings (SSSR count). The minimum absolute atomic E-state index is 0.646. The molecule has 1 aliphatic rings. The molecule has 14 heavy (non-hydrogen) atoms. The van der Waals surface area contributed by atoms with Gasteiger partial charge in [0.15, 0.2) is 0 Å². The maximum absolute atomic E-state index is 5.17. The van der Waals surface area contributed by atoms with Crippen molar-refractivity contribution in [3.8, 4) is 0 Å². The van der Waals surface area contributed by atoms with E-state index in [0.29, 0.717) is 5.92 Å². The van der Waals surface area contributed by atoms with Crippen LogP contribution in [0.3, 0.4) is 0 Å². The van der Waals surface area contributed by atoms with Crippen molar-refractivity contribution >= 4 is 0 Å². The van der Waals surface area contributed by atoms with E-state index in [4.69, 9.17) is 4.74 Å². The predicted molar refractivity (Wildman–Crippen MR) is 59.6 cm³/mol. The molecule has 0 spiro atoms. The maximum atomic E-state index is 5.17. The summed E-state index contributed by atoms with van der Waals surface area (Å²) in [4.78, 5) is 2.60. The first-order chi connectivity index (χ1) is 6.77. The molecule has 0 aromatic rings. The molecule has 1 N–H and O–H groups in total. The van der Waals surface area contributed by atoms with Crippen LogP contribution in [0, 0.1) is 5.92 Å². The summed E-state index contributed by atoms with van der Waals surface area (Å²) in [5.41, 5.74) is 0. The first-order valence-corrected chi connectivity index (χ1v) is 5.71. The quantitative estimate of drug-likeness (QED) is 0.662. The molecular formula is C11H24N2O. The molecule has 0 aliphatic carbocycles. The van der Waals surface area contributed by atoms with Gasteiger partial charge in [-0.2, -0.15) is 0 Å². The van der Waals surface area contributed by atoms with Crippen molar-refractivity contribution in [2.24, 2.45) is 5.92 Å². The van der Waals surface area contributed by atoms with Crippen molar-refractivity contribution in [1.82, 2.24) is 10.2 Å². The topological polar surface area (TPSA) is 24.5 Å². The van der Waals surface area contributed by atoms with Crippen LogP contribution in [-0.2, 0) is 4.74 Å². The Morgan fingerprint density at radius 3 is 2.64 bits per heavy atom. The highest BCUT2D eigenvalue weighted by Gasteiger charge is 2.24. The van der Waals surface area contributed by atoms with E-state index in [2.05, 4.69) is 24.1 Å². The van der Waals surface area contributed by atoms with Gasteiger partial charge in [0.2, 0.25) is 0 Å². The van der Waals surface area contributed by atoms with Crippen molar-refractivity contribution < 1.29 is 4.74 Å². The number of rotatable bonds is 7.